The molecule has 0 unspecified atom stereocenters. The van der Waals surface area contributed by atoms with Crippen LogP contribution in [0.15, 0.2) is 65.7 Å². The van der Waals surface area contributed by atoms with E-state index in [0.29, 0.717) is 35.0 Å². The number of hydrogen-bond acceptors (Lipinski definition) is 5. The van der Waals surface area contributed by atoms with Gasteiger partial charge in [0.2, 0.25) is 5.88 Å². The standard InChI is InChI=1S/C22H23N3O4S/c1-4-23-22(26)17-6-12-21(24-14-17)29-19-9-7-18(8-10-19)25-30(27,28)20-11-5-15(2)13-16(20)3/h5-14,25H,4H2,1-3H3,(H,23,26). The largest absolute Gasteiger partial charge is 0.439 e. The van der Waals surface area contributed by atoms with Gasteiger partial charge in [-0.2, -0.15) is 0 Å². The van der Waals surface area contributed by atoms with E-state index in [2.05, 4.69) is 15.0 Å². The Hall–Kier alpha value is -3.39. The van der Waals surface area contributed by atoms with Crippen molar-refractivity contribution in [3.05, 3.63) is 77.5 Å². The molecule has 0 saturated heterocycles. The number of pyridine rings is 1. The molecule has 0 radical (unpaired) electrons. The molecule has 156 valence electrons. The normalized spacial score (nSPS) is 11.0. The number of sulfonamides is 1. The molecule has 1 amide bonds. The lowest BCUT2D eigenvalue weighted by Crippen LogP contribution is -2.22. The number of hydrogen-bond donors (Lipinski definition) is 2. The Morgan fingerprint density at radius 2 is 1.77 bits per heavy atom. The Bertz CT molecular complexity index is 1140. The van der Waals surface area contributed by atoms with Crippen molar-refractivity contribution in [2.75, 3.05) is 11.3 Å². The van der Waals surface area contributed by atoms with Crippen LogP contribution in [-0.2, 0) is 10.0 Å². The Balaban J connectivity index is 1.68. The predicted octanol–water partition coefficient (Wildman–Crippen LogP) is 4.04. The Morgan fingerprint density at radius 3 is 2.37 bits per heavy atom. The van der Waals surface area contributed by atoms with Crippen molar-refractivity contribution in [1.29, 1.82) is 0 Å². The average Bonchev–Trinajstić information content (AvgIpc) is 2.69. The molecule has 0 fully saturated rings. The second-order valence-electron chi connectivity index (χ2n) is 6.75. The summed E-state index contributed by atoms with van der Waals surface area (Å²) < 4.78 is 33.5. The summed E-state index contributed by atoms with van der Waals surface area (Å²) in [5.41, 5.74) is 2.55. The van der Waals surface area contributed by atoms with Gasteiger partial charge < -0.3 is 10.1 Å². The molecule has 0 aliphatic heterocycles. The molecule has 8 heteroatoms. The Labute approximate surface area is 176 Å². The summed E-state index contributed by atoms with van der Waals surface area (Å²) in [4.78, 5) is 16.1. The molecule has 2 N–H and O–H groups in total. The fourth-order valence-electron chi connectivity index (χ4n) is 2.86. The number of nitrogens with zero attached hydrogens (tertiary/aromatic N) is 1. The highest BCUT2D eigenvalue weighted by Gasteiger charge is 2.17. The number of benzene rings is 2. The highest BCUT2D eigenvalue weighted by Crippen LogP contribution is 2.24. The van der Waals surface area contributed by atoms with Crippen molar-refractivity contribution in [3.63, 3.8) is 0 Å². The maximum atomic E-state index is 12.7. The highest BCUT2D eigenvalue weighted by atomic mass is 32.2. The third-order valence-electron chi connectivity index (χ3n) is 4.28. The first-order valence-corrected chi connectivity index (χ1v) is 10.9. The van der Waals surface area contributed by atoms with Crippen molar-refractivity contribution >= 4 is 21.6 Å². The van der Waals surface area contributed by atoms with E-state index in [1.807, 2.05) is 19.9 Å². The number of aromatic nitrogens is 1. The van der Waals surface area contributed by atoms with Crippen LogP contribution in [0.4, 0.5) is 5.69 Å². The molecule has 0 aliphatic rings. The predicted molar refractivity (Wildman–Crippen MR) is 115 cm³/mol. The van der Waals surface area contributed by atoms with Crippen LogP contribution in [0.1, 0.15) is 28.4 Å². The van der Waals surface area contributed by atoms with Gasteiger partial charge in [-0.1, -0.05) is 17.7 Å². The lowest BCUT2D eigenvalue weighted by Gasteiger charge is -2.12. The molecule has 0 aliphatic carbocycles. The number of nitrogens with one attached hydrogen (secondary N) is 2. The van der Waals surface area contributed by atoms with E-state index in [1.54, 1.807) is 55.5 Å². The van der Waals surface area contributed by atoms with Crippen LogP contribution in [-0.4, -0.2) is 25.9 Å². The van der Waals surface area contributed by atoms with E-state index in [1.165, 1.54) is 6.20 Å². The van der Waals surface area contributed by atoms with Gasteiger partial charge in [-0.3, -0.25) is 9.52 Å². The van der Waals surface area contributed by atoms with Crippen molar-refractivity contribution < 1.29 is 17.9 Å². The maximum absolute atomic E-state index is 12.7. The molecule has 2 aromatic carbocycles. The van der Waals surface area contributed by atoms with Gasteiger partial charge in [0, 0.05) is 24.5 Å². The van der Waals surface area contributed by atoms with E-state index in [4.69, 9.17) is 4.74 Å². The summed E-state index contributed by atoms with van der Waals surface area (Å²) >= 11 is 0. The smallest absolute Gasteiger partial charge is 0.262 e. The first kappa shape index (κ1) is 21.3. The van der Waals surface area contributed by atoms with E-state index < -0.39 is 10.0 Å². The number of anilines is 1. The fraction of sp³-hybridized carbons (Fsp3) is 0.182. The summed E-state index contributed by atoms with van der Waals surface area (Å²) in [5, 5.41) is 2.70. The second-order valence-corrected chi connectivity index (χ2v) is 8.40. The Kier molecular flexibility index (Phi) is 6.37. The van der Waals surface area contributed by atoms with Gasteiger partial charge in [-0.25, -0.2) is 13.4 Å². The van der Waals surface area contributed by atoms with E-state index in [9.17, 15) is 13.2 Å². The number of aryl methyl sites for hydroxylation is 2. The summed E-state index contributed by atoms with van der Waals surface area (Å²) in [7, 11) is -3.69. The van der Waals surface area contributed by atoms with Crippen LogP contribution in [0.2, 0.25) is 0 Å². The third kappa shape index (κ3) is 5.15. The van der Waals surface area contributed by atoms with Gasteiger partial charge in [0.05, 0.1) is 10.5 Å². The second kappa shape index (κ2) is 8.96. The topological polar surface area (TPSA) is 97.4 Å². The van der Waals surface area contributed by atoms with Gasteiger partial charge in [0.25, 0.3) is 15.9 Å². The summed E-state index contributed by atoms with van der Waals surface area (Å²) in [6.07, 6.45) is 1.44. The molecule has 0 saturated carbocycles. The maximum Gasteiger partial charge on any atom is 0.262 e. The zero-order valence-corrected chi connectivity index (χ0v) is 17.8. The van der Waals surface area contributed by atoms with Crippen LogP contribution < -0.4 is 14.8 Å². The molecule has 0 atom stereocenters. The summed E-state index contributed by atoms with van der Waals surface area (Å²) in [5.74, 6) is 0.617. The molecule has 3 rings (SSSR count). The lowest BCUT2D eigenvalue weighted by molar-refractivity contribution is 0.0955. The quantitative estimate of drug-likeness (QED) is 0.595. The fourth-order valence-corrected chi connectivity index (χ4v) is 4.15. The summed E-state index contributed by atoms with van der Waals surface area (Å²) in [6.45, 7) is 6.06. The van der Waals surface area contributed by atoms with Crippen LogP contribution in [0.25, 0.3) is 0 Å². The number of rotatable bonds is 7. The van der Waals surface area contributed by atoms with Gasteiger partial charge in [0.15, 0.2) is 0 Å². The molecule has 0 bridgehead atoms. The van der Waals surface area contributed by atoms with E-state index >= 15 is 0 Å². The van der Waals surface area contributed by atoms with Crippen molar-refractivity contribution in [2.45, 2.75) is 25.7 Å². The van der Waals surface area contributed by atoms with Crippen LogP contribution in [0, 0.1) is 13.8 Å². The zero-order chi connectivity index (χ0) is 21.7. The third-order valence-corrected chi connectivity index (χ3v) is 5.83. The molecule has 7 nitrogen and oxygen atoms in total. The van der Waals surface area contributed by atoms with Gasteiger partial charge >= 0.3 is 0 Å². The molecular formula is C22H23N3O4S. The van der Waals surface area contributed by atoms with Crippen LogP contribution >= 0.6 is 0 Å². The highest BCUT2D eigenvalue weighted by molar-refractivity contribution is 7.92. The van der Waals surface area contributed by atoms with Crippen molar-refractivity contribution in [3.8, 4) is 11.6 Å². The molecule has 1 aromatic heterocycles. The first-order valence-electron chi connectivity index (χ1n) is 9.41. The average molecular weight is 426 g/mol. The van der Waals surface area contributed by atoms with Crippen molar-refractivity contribution in [2.24, 2.45) is 0 Å². The number of ether oxygens (including phenoxy) is 1. The molecule has 0 spiro atoms. The zero-order valence-electron chi connectivity index (χ0n) is 17.0. The van der Waals surface area contributed by atoms with E-state index in [-0.39, 0.29) is 10.8 Å². The van der Waals surface area contributed by atoms with Crippen LogP contribution in [0.3, 0.4) is 0 Å². The van der Waals surface area contributed by atoms with Crippen LogP contribution in [0.5, 0.6) is 11.6 Å². The monoisotopic (exact) mass is 425 g/mol. The van der Waals surface area contributed by atoms with Gasteiger partial charge in [-0.05, 0) is 62.7 Å². The molecule has 3 aromatic rings. The van der Waals surface area contributed by atoms with Crippen molar-refractivity contribution in [1.82, 2.24) is 10.3 Å². The number of carbonyl (C=O) groups excluding carboxylic acids is 1. The minimum absolute atomic E-state index is 0.197. The van der Waals surface area contributed by atoms with Gasteiger partial charge in [0.1, 0.15) is 5.75 Å². The Morgan fingerprint density at radius 1 is 1.03 bits per heavy atom. The minimum atomic E-state index is -3.69. The summed E-state index contributed by atoms with van der Waals surface area (Å²) in [6, 6.07) is 14.9. The number of carbonyl (C=O) groups is 1. The molecule has 1 heterocycles. The minimum Gasteiger partial charge on any atom is -0.439 e. The van der Waals surface area contributed by atoms with E-state index in [0.717, 1.165) is 5.56 Å². The van der Waals surface area contributed by atoms with Gasteiger partial charge in [-0.15, -0.1) is 0 Å². The lowest BCUT2D eigenvalue weighted by atomic mass is 10.2. The SMILES string of the molecule is CCNC(=O)c1ccc(Oc2ccc(NS(=O)(=O)c3ccc(C)cc3C)cc2)nc1. The molecular weight excluding hydrogens is 402 g/mol. The molecule has 30 heavy (non-hydrogen) atoms. The number of amides is 1. The first-order chi connectivity index (χ1) is 14.3.